The van der Waals surface area contributed by atoms with Crippen LogP contribution in [0.1, 0.15) is 79.0 Å². The molecule has 1 aromatic carbocycles. The first-order valence-corrected chi connectivity index (χ1v) is 8.96. The molecular weight excluding hydrogens is 286 g/mol. The summed E-state index contributed by atoms with van der Waals surface area (Å²) in [5.74, 6) is 0. The van der Waals surface area contributed by atoms with E-state index in [9.17, 15) is 0 Å². The maximum absolute atomic E-state index is 2.43. The smallest absolute Gasteiger partial charge is 0.0305 e. The Balaban J connectivity index is 3.78. The van der Waals surface area contributed by atoms with Gasteiger partial charge in [0.2, 0.25) is 0 Å². The molecule has 0 aliphatic carbocycles. The van der Waals surface area contributed by atoms with E-state index in [1.165, 1.54) is 21.6 Å². The van der Waals surface area contributed by atoms with E-state index in [2.05, 4.69) is 92.8 Å². The molecule has 0 fully saturated rings. The molecule has 0 aliphatic rings. The highest BCUT2D eigenvalue weighted by Crippen LogP contribution is 2.43. The molecule has 126 valence electrons. The lowest BCUT2D eigenvalue weighted by atomic mass is 9.75. The molecule has 0 saturated heterocycles. The van der Waals surface area contributed by atoms with Crippen LogP contribution in [0.5, 0.6) is 0 Å². The molecule has 22 heavy (non-hydrogen) atoms. The summed E-state index contributed by atoms with van der Waals surface area (Å²) in [5, 5.41) is 0. The first-order chi connectivity index (χ1) is 9.64. The Morgan fingerprint density at radius 2 is 1.05 bits per heavy atom. The van der Waals surface area contributed by atoms with Crippen LogP contribution in [0.25, 0.3) is 0 Å². The Hall–Kier alpha value is -0.470. The Morgan fingerprint density at radius 1 is 0.682 bits per heavy atom. The fourth-order valence-electron chi connectivity index (χ4n) is 2.46. The summed E-state index contributed by atoms with van der Waals surface area (Å²) in [6, 6.07) is 4.86. The van der Waals surface area contributed by atoms with Crippen molar-refractivity contribution in [2.75, 3.05) is 14.1 Å². The second-order valence-electron chi connectivity index (χ2n) is 9.55. The molecule has 0 radical (unpaired) electrons. The van der Waals surface area contributed by atoms with Crippen molar-refractivity contribution in [3.63, 3.8) is 0 Å². The number of rotatable bonds is 2. The van der Waals surface area contributed by atoms with Crippen molar-refractivity contribution in [2.45, 2.75) is 83.5 Å². The molecule has 0 aliphatic heterocycles. The molecule has 0 spiro atoms. The van der Waals surface area contributed by atoms with Gasteiger partial charge in [-0.2, -0.15) is 0 Å². The number of hydrogen-bond donors (Lipinski definition) is 0. The molecule has 0 atom stereocenters. The Labute approximate surface area is 143 Å². The summed E-state index contributed by atoms with van der Waals surface area (Å²) in [4.78, 5) is 1.43. The van der Waals surface area contributed by atoms with E-state index >= 15 is 0 Å². The van der Waals surface area contributed by atoms with Crippen molar-refractivity contribution in [3.8, 4) is 0 Å². The van der Waals surface area contributed by atoms with Crippen molar-refractivity contribution >= 4 is 11.9 Å². The molecule has 0 amide bonds. The van der Waals surface area contributed by atoms with Gasteiger partial charge in [0.05, 0.1) is 0 Å². The van der Waals surface area contributed by atoms with Gasteiger partial charge in [0, 0.05) is 4.90 Å². The lowest BCUT2D eigenvalue weighted by Crippen LogP contribution is -2.23. The monoisotopic (exact) mass is 321 g/mol. The predicted octanol–water partition coefficient (Wildman–Crippen LogP) is 6.15. The highest BCUT2D eigenvalue weighted by Gasteiger charge is 2.29. The lowest BCUT2D eigenvalue weighted by molar-refractivity contribution is 0.528. The normalized spacial score (nSPS) is 13.8. The standard InChI is InChI=1S/C20H35NS/c1-18(2,3)14-12-15(19(4,5)6)17(22-21(10)11)16(13-14)20(7,8)9/h12-13H,1-11H3. The molecule has 0 heterocycles. The van der Waals surface area contributed by atoms with Crippen molar-refractivity contribution in [1.82, 2.24) is 4.31 Å². The van der Waals surface area contributed by atoms with Crippen LogP contribution in [-0.4, -0.2) is 18.4 Å². The van der Waals surface area contributed by atoms with Crippen LogP contribution in [0, 0.1) is 0 Å². The highest BCUT2D eigenvalue weighted by atomic mass is 32.2. The van der Waals surface area contributed by atoms with Gasteiger partial charge < -0.3 is 0 Å². The zero-order valence-corrected chi connectivity index (χ0v) is 17.3. The van der Waals surface area contributed by atoms with Crippen molar-refractivity contribution in [3.05, 3.63) is 28.8 Å². The molecule has 1 rings (SSSR count). The van der Waals surface area contributed by atoms with Gasteiger partial charge >= 0.3 is 0 Å². The Kier molecular flexibility index (Phi) is 5.52. The molecule has 0 aromatic heterocycles. The van der Waals surface area contributed by atoms with E-state index in [1.54, 1.807) is 0 Å². The molecule has 0 bridgehead atoms. The summed E-state index contributed by atoms with van der Waals surface area (Å²) < 4.78 is 2.20. The minimum Gasteiger partial charge on any atom is -0.253 e. The maximum Gasteiger partial charge on any atom is 0.0305 e. The summed E-state index contributed by atoms with van der Waals surface area (Å²) in [5.41, 5.74) is 4.80. The fourth-order valence-corrected chi connectivity index (χ4v) is 3.75. The van der Waals surface area contributed by atoms with Gasteiger partial charge in [-0.05, 0) is 59.0 Å². The zero-order valence-electron chi connectivity index (χ0n) is 16.5. The van der Waals surface area contributed by atoms with Crippen LogP contribution in [-0.2, 0) is 16.2 Å². The fraction of sp³-hybridized carbons (Fsp3) is 0.700. The van der Waals surface area contributed by atoms with Gasteiger partial charge in [-0.15, -0.1) is 0 Å². The molecule has 2 heteroatoms. The predicted molar refractivity (Wildman–Crippen MR) is 102 cm³/mol. The third-order valence-electron chi connectivity index (χ3n) is 3.84. The number of benzene rings is 1. The van der Waals surface area contributed by atoms with Crippen molar-refractivity contribution < 1.29 is 0 Å². The van der Waals surface area contributed by atoms with Crippen molar-refractivity contribution in [2.24, 2.45) is 0 Å². The average molecular weight is 322 g/mol. The summed E-state index contributed by atoms with van der Waals surface area (Å²) in [6.07, 6.45) is 0. The van der Waals surface area contributed by atoms with E-state index in [-0.39, 0.29) is 16.2 Å². The second kappa shape index (κ2) is 6.20. The van der Waals surface area contributed by atoms with Gasteiger partial charge in [0.25, 0.3) is 0 Å². The third-order valence-corrected chi connectivity index (χ3v) is 4.83. The van der Waals surface area contributed by atoms with Crippen LogP contribution in [0.4, 0.5) is 0 Å². The topological polar surface area (TPSA) is 3.24 Å². The van der Waals surface area contributed by atoms with Crippen LogP contribution in [0.15, 0.2) is 17.0 Å². The van der Waals surface area contributed by atoms with Crippen LogP contribution < -0.4 is 0 Å². The van der Waals surface area contributed by atoms with Crippen molar-refractivity contribution in [1.29, 1.82) is 0 Å². The van der Waals surface area contributed by atoms with Gasteiger partial charge in [0.15, 0.2) is 0 Å². The van der Waals surface area contributed by atoms with Crippen LogP contribution in [0.2, 0.25) is 0 Å². The SMILES string of the molecule is CN(C)Sc1c(C(C)(C)C)cc(C(C)(C)C)cc1C(C)(C)C. The highest BCUT2D eigenvalue weighted by molar-refractivity contribution is 7.97. The van der Waals surface area contributed by atoms with Crippen LogP contribution >= 0.6 is 11.9 Å². The van der Waals surface area contributed by atoms with E-state index in [0.29, 0.717) is 0 Å². The van der Waals surface area contributed by atoms with E-state index in [0.717, 1.165) is 0 Å². The molecule has 0 saturated carbocycles. The Morgan fingerprint density at radius 3 is 1.27 bits per heavy atom. The molecule has 1 nitrogen and oxygen atoms in total. The van der Waals surface area contributed by atoms with Gasteiger partial charge in [-0.25, -0.2) is 0 Å². The van der Waals surface area contributed by atoms with Gasteiger partial charge in [-0.1, -0.05) is 74.4 Å². The molecule has 0 unspecified atom stereocenters. The second-order valence-corrected chi connectivity index (χ2v) is 10.9. The zero-order chi connectivity index (χ0) is 17.5. The van der Waals surface area contributed by atoms with Gasteiger partial charge in [-0.3, -0.25) is 4.31 Å². The minimum atomic E-state index is 0.138. The number of hydrogen-bond acceptors (Lipinski definition) is 2. The third kappa shape index (κ3) is 4.76. The van der Waals surface area contributed by atoms with Crippen LogP contribution in [0.3, 0.4) is 0 Å². The average Bonchev–Trinajstić information content (AvgIpc) is 2.23. The first kappa shape index (κ1) is 19.6. The van der Waals surface area contributed by atoms with E-state index in [4.69, 9.17) is 0 Å². The summed E-state index contributed by atoms with van der Waals surface area (Å²) in [6.45, 7) is 20.8. The molecule has 0 N–H and O–H groups in total. The molecule has 1 aromatic rings. The lowest BCUT2D eigenvalue weighted by Gasteiger charge is -2.33. The van der Waals surface area contributed by atoms with E-state index < -0.39 is 0 Å². The Bertz CT molecular complexity index is 487. The summed E-state index contributed by atoms with van der Waals surface area (Å²) >= 11 is 1.86. The maximum atomic E-state index is 2.43. The number of nitrogens with zero attached hydrogens (tertiary/aromatic N) is 1. The van der Waals surface area contributed by atoms with E-state index in [1.807, 2.05) is 11.9 Å². The molecular formula is C20H35NS. The quantitative estimate of drug-likeness (QED) is 0.601. The largest absolute Gasteiger partial charge is 0.253 e. The van der Waals surface area contributed by atoms with Gasteiger partial charge in [0.1, 0.15) is 0 Å². The summed E-state index contributed by atoms with van der Waals surface area (Å²) in [7, 11) is 4.25. The first-order valence-electron chi connectivity index (χ1n) is 8.19. The minimum absolute atomic E-state index is 0.138.